The van der Waals surface area contributed by atoms with Gasteiger partial charge in [0.15, 0.2) is 5.82 Å². The van der Waals surface area contributed by atoms with Crippen molar-refractivity contribution >= 4 is 21.7 Å². The van der Waals surface area contributed by atoms with Crippen molar-refractivity contribution in [2.75, 3.05) is 18.1 Å². The van der Waals surface area contributed by atoms with E-state index in [2.05, 4.69) is 15.2 Å². The van der Waals surface area contributed by atoms with E-state index in [0.717, 1.165) is 26.7 Å². The molecule has 1 aliphatic rings. The van der Waals surface area contributed by atoms with Crippen LogP contribution < -0.4 is 14.4 Å². The van der Waals surface area contributed by atoms with Crippen LogP contribution in [0.1, 0.15) is 56.6 Å². The summed E-state index contributed by atoms with van der Waals surface area (Å²) in [5, 5.41) is 17.6. The molecular weight excluding hydrogens is 567 g/mol. The molecule has 3 aromatic rings. The Morgan fingerprint density at radius 3 is 2.51 bits per heavy atom. The number of hydrogen-bond acceptors (Lipinski definition) is 9. The summed E-state index contributed by atoms with van der Waals surface area (Å²) in [6, 6.07) is 4.24. The maximum absolute atomic E-state index is 13.4. The van der Waals surface area contributed by atoms with Gasteiger partial charge in [-0.05, 0) is 52.7 Å². The highest BCUT2D eigenvalue weighted by atomic mass is 32.2. The summed E-state index contributed by atoms with van der Waals surface area (Å²) in [6.45, 7) is 5.26. The number of ether oxygens (including phenoxy) is 1. The number of pyridine rings is 1. The van der Waals surface area contributed by atoms with Gasteiger partial charge in [-0.3, -0.25) is 9.48 Å². The van der Waals surface area contributed by atoms with Gasteiger partial charge in [-0.1, -0.05) is 0 Å². The predicted molar refractivity (Wildman–Crippen MR) is 141 cm³/mol. The summed E-state index contributed by atoms with van der Waals surface area (Å²) in [5.74, 6) is -0.533. The summed E-state index contributed by atoms with van der Waals surface area (Å²) in [5.41, 5.74) is -2.63. The van der Waals surface area contributed by atoms with Crippen molar-refractivity contribution in [3.63, 3.8) is 0 Å². The minimum absolute atomic E-state index is 0.0164. The summed E-state index contributed by atoms with van der Waals surface area (Å²) in [7, 11) is -2.90. The third kappa shape index (κ3) is 6.17. The highest BCUT2D eigenvalue weighted by Crippen LogP contribution is 2.38. The SMILES string of the molecule is Cn1cc(S(=O)(=O)NC(=O)c2ccc(-n3ccc(OCC(C)(C)C(F)(F)F)n3)nc2N2CCCC2(C)C)c(CO)n1. The first kappa shape index (κ1) is 30.3. The highest BCUT2D eigenvalue weighted by molar-refractivity contribution is 7.90. The molecular formula is C25H32F3N7O5S. The Morgan fingerprint density at radius 1 is 1.20 bits per heavy atom. The molecule has 0 bridgehead atoms. The molecule has 41 heavy (non-hydrogen) atoms. The zero-order valence-corrected chi connectivity index (χ0v) is 24.0. The van der Waals surface area contributed by atoms with Crippen LogP contribution in [0.15, 0.2) is 35.5 Å². The molecule has 4 rings (SSSR count). The van der Waals surface area contributed by atoms with Crippen LogP contribution in [0, 0.1) is 5.41 Å². The molecule has 12 nitrogen and oxygen atoms in total. The predicted octanol–water partition coefficient (Wildman–Crippen LogP) is 2.96. The van der Waals surface area contributed by atoms with E-state index in [9.17, 15) is 31.5 Å². The molecule has 224 valence electrons. The topological polar surface area (TPSA) is 144 Å². The van der Waals surface area contributed by atoms with Gasteiger partial charge in [-0.15, -0.1) is 5.10 Å². The molecule has 1 amide bonds. The van der Waals surface area contributed by atoms with Crippen molar-refractivity contribution in [2.45, 2.75) is 63.8 Å². The first-order chi connectivity index (χ1) is 18.9. The number of aliphatic hydroxyl groups is 1. The summed E-state index contributed by atoms with van der Waals surface area (Å²) >= 11 is 0. The van der Waals surface area contributed by atoms with Gasteiger partial charge >= 0.3 is 6.18 Å². The van der Waals surface area contributed by atoms with E-state index in [1.54, 1.807) is 0 Å². The lowest BCUT2D eigenvalue weighted by Crippen LogP contribution is -2.41. The van der Waals surface area contributed by atoms with Crippen LogP contribution in [0.3, 0.4) is 0 Å². The zero-order chi connectivity index (χ0) is 30.4. The molecule has 1 fully saturated rings. The van der Waals surface area contributed by atoms with E-state index in [1.165, 1.54) is 47.0 Å². The Morgan fingerprint density at radius 2 is 1.90 bits per heavy atom. The fourth-order valence-electron chi connectivity index (χ4n) is 4.38. The van der Waals surface area contributed by atoms with Crippen LogP contribution >= 0.6 is 0 Å². The number of sulfonamides is 1. The third-order valence-corrected chi connectivity index (χ3v) is 8.32. The fourth-order valence-corrected chi connectivity index (χ4v) is 5.55. The molecule has 0 spiro atoms. The van der Waals surface area contributed by atoms with E-state index in [1.807, 2.05) is 23.5 Å². The van der Waals surface area contributed by atoms with Crippen molar-refractivity contribution in [3.8, 4) is 11.7 Å². The number of halogens is 3. The van der Waals surface area contributed by atoms with Crippen molar-refractivity contribution < 1.29 is 36.2 Å². The summed E-state index contributed by atoms with van der Waals surface area (Å²) in [6.07, 6.45) is -0.222. The standard InChI is InChI=1S/C25H32F3N7O5S/c1-23(2,25(26,27)28)15-40-20-9-12-35(31-20)19-8-7-16(21(29-19)34-11-6-10-24(34,3)4)22(37)32-41(38,39)18-13-33(5)30-17(18)14-36/h7-9,12-13,36H,6,10-11,14-15H2,1-5H3,(H,32,37). The van der Waals surface area contributed by atoms with Gasteiger partial charge in [0.25, 0.3) is 15.9 Å². The lowest BCUT2D eigenvalue weighted by atomic mass is 9.94. The number of carbonyl (C=O) groups is 1. The number of hydrogen-bond donors (Lipinski definition) is 2. The van der Waals surface area contributed by atoms with Gasteiger partial charge in [-0.25, -0.2) is 22.8 Å². The van der Waals surface area contributed by atoms with E-state index in [4.69, 9.17) is 4.74 Å². The van der Waals surface area contributed by atoms with Crippen molar-refractivity contribution in [3.05, 3.63) is 41.9 Å². The number of aryl methyl sites for hydroxylation is 1. The van der Waals surface area contributed by atoms with E-state index >= 15 is 0 Å². The van der Waals surface area contributed by atoms with Crippen LogP contribution in [-0.2, 0) is 23.7 Å². The van der Waals surface area contributed by atoms with E-state index < -0.39 is 46.3 Å². The number of carbonyl (C=O) groups excluding carboxylic acids is 1. The van der Waals surface area contributed by atoms with Crippen molar-refractivity contribution in [2.24, 2.45) is 12.5 Å². The number of alkyl halides is 3. The normalized spacial score (nSPS) is 15.8. The number of aromatic nitrogens is 5. The van der Waals surface area contributed by atoms with Gasteiger partial charge in [0, 0.05) is 37.6 Å². The highest BCUT2D eigenvalue weighted by Gasteiger charge is 2.48. The quantitative estimate of drug-likeness (QED) is 0.379. The molecule has 0 saturated carbocycles. The second-order valence-electron chi connectivity index (χ2n) is 11.1. The number of amides is 1. The fraction of sp³-hybridized carbons (Fsp3) is 0.520. The lowest BCUT2D eigenvalue weighted by molar-refractivity contribution is -0.219. The second kappa shape index (κ2) is 10.6. The third-order valence-electron chi connectivity index (χ3n) is 6.94. The molecule has 0 unspecified atom stereocenters. The van der Waals surface area contributed by atoms with Crippen LogP contribution in [0.2, 0.25) is 0 Å². The Bertz CT molecular complexity index is 1550. The maximum atomic E-state index is 13.4. The van der Waals surface area contributed by atoms with Gasteiger partial charge < -0.3 is 14.7 Å². The molecule has 0 aliphatic carbocycles. The molecule has 16 heteroatoms. The number of nitrogens with one attached hydrogen (secondary N) is 1. The Kier molecular flexibility index (Phi) is 7.86. The first-order valence-electron chi connectivity index (χ1n) is 12.7. The summed E-state index contributed by atoms with van der Waals surface area (Å²) in [4.78, 5) is 19.5. The molecule has 2 N–H and O–H groups in total. The van der Waals surface area contributed by atoms with Crippen molar-refractivity contribution in [1.82, 2.24) is 29.3 Å². The monoisotopic (exact) mass is 599 g/mol. The van der Waals surface area contributed by atoms with Crippen LogP contribution in [-0.4, -0.2) is 68.8 Å². The average molecular weight is 600 g/mol. The van der Waals surface area contributed by atoms with Crippen LogP contribution in [0.25, 0.3) is 5.82 Å². The van der Waals surface area contributed by atoms with E-state index in [-0.39, 0.29) is 33.7 Å². The Hall–Kier alpha value is -3.66. The zero-order valence-electron chi connectivity index (χ0n) is 23.2. The average Bonchev–Trinajstić information content (AvgIpc) is 3.59. The van der Waals surface area contributed by atoms with Crippen LogP contribution in [0.4, 0.5) is 19.0 Å². The Labute approximate surface area is 235 Å². The molecule has 4 heterocycles. The number of rotatable bonds is 9. The molecule has 0 radical (unpaired) electrons. The minimum atomic E-state index is -4.46. The van der Waals surface area contributed by atoms with Gasteiger partial charge in [0.1, 0.15) is 23.0 Å². The Balaban J connectivity index is 1.66. The van der Waals surface area contributed by atoms with E-state index in [0.29, 0.717) is 6.54 Å². The lowest BCUT2D eigenvalue weighted by Gasteiger charge is -2.34. The molecule has 1 saturated heterocycles. The molecule has 0 aromatic carbocycles. The van der Waals surface area contributed by atoms with Crippen LogP contribution in [0.5, 0.6) is 5.88 Å². The van der Waals surface area contributed by atoms with Gasteiger partial charge in [-0.2, -0.15) is 18.3 Å². The molecule has 0 atom stereocenters. The second-order valence-corrected chi connectivity index (χ2v) is 12.7. The number of aliphatic hydroxyl groups excluding tert-OH is 1. The smallest absolute Gasteiger partial charge is 0.397 e. The first-order valence-corrected chi connectivity index (χ1v) is 14.2. The maximum Gasteiger partial charge on any atom is 0.397 e. The van der Waals surface area contributed by atoms with Gasteiger partial charge in [0.2, 0.25) is 5.88 Å². The largest absolute Gasteiger partial charge is 0.476 e. The number of anilines is 1. The molecule has 1 aliphatic heterocycles. The number of nitrogens with zero attached hydrogens (tertiary/aromatic N) is 6. The molecule has 3 aromatic heterocycles. The summed E-state index contributed by atoms with van der Waals surface area (Å²) < 4.78 is 75.5. The minimum Gasteiger partial charge on any atom is -0.476 e. The van der Waals surface area contributed by atoms with Gasteiger partial charge in [0.05, 0.1) is 17.6 Å². The van der Waals surface area contributed by atoms with Crippen molar-refractivity contribution in [1.29, 1.82) is 0 Å².